The van der Waals surface area contributed by atoms with Gasteiger partial charge >= 0.3 is 0 Å². The van der Waals surface area contributed by atoms with Crippen molar-refractivity contribution in [2.75, 3.05) is 26.8 Å². The largest absolute Gasteiger partial charge is 0.375 e. The second kappa shape index (κ2) is 6.88. The number of carbonyl (C=O) groups is 1. The predicted octanol–water partition coefficient (Wildman–Crippen LogP) is 1.89. The van der Waals surface area contributed by atoms with Crippen molar-refractivity contribution in [1.82, 2.24) is 14.5 Å². The van der Waals surface area contributed by atoms with Gasteiger partial charge in [-0.15, -0.1) is 0 Å². The molecule has 112 valence electrons. The lowest BCUT2D eigenvalue weighted by atomic mass is 9.96. The van der Waals surface area contributed by atoms with Crippen LogP contribution < -0.4 is 0 Å². The molecule has 2 rings (SSSR count). The summed E-state index contributed by atoms with van der Waals surface area (Å²) in [5, 5.41) is 0. The number of piperidine rings is 1. The Morgan fingerprint density at radius 2 is 2.15 bits per heavy atom. The standard InChI is InChI=1S/C15H25N3O2/c1-12(2)15-16-6-9-18(15)10-13-4-7-17(8-5-13)14(19)11-20-3/h6,9,12-13H,4-5,7-8,10-11H2,1-3H3. The van der Waals surface area contributed by atoms with Crippen LogP contribution in [0.5, 0.6) is 0 Å². The van der Waals surface area contributed by atoms with Crippen LogP contribution >= 0.6 is 0 Å². The lowest BCUT2D eigenvalue weighted by Gasteiger charge is -2.32. The van der Waals surface area contributed by atoms with Gasteiger partial charge in [0.25, 0.3) is 0 Å². The first-order valence-electron chi connectivity index (χ1n) is 7.39. The van der Waals surface area contributed by atoms with Crippen molar-refractivity contribution in [3.05, 3.63) is 18.2 Å². The van der Waals surface area contributed by atoms with Gasteiger partial charge in [0.1, 0.15) is 12.4 Å². The van der Waals surface area contributed by atoms with Crippen LogP contribution in [0.2, 0.25) is 0 Å². The third-order valence-corrected chi connectivity index (χ3v) is 3.95. The molecule has 0 spiro atoms. The normalized spacial score (nSPS) is 16.9. The molecule has 1 fully saturated rings. The van der Waals surface area contributed by atoms with Crippen LogP contribution in [-0.2, 0) is 16.1 Å². The number of nitrogens with zero attached hydrogens (tertiary/aromatic N) is 3. The molecule has 0 aliphatic carbocycles. The molecule has 0 aromatic carbocycles. The Morgan fingerprint density at radius 3 is 2.75 bits per heavy atom. The van der Waals surface area contributed by atoms with Crippen molar-refractivity contribution in [3.63, 3.8) is 0 Å². The predicted molar refractivity (Wildman–Crippen MR) is 77.5 cm³/mol. The van der Waals surface area contributed by atoms with Gasteiger partial charge in [0.15, 0.2) is 0 Å². The van der Waals surface area contributed by atoms with Gasteiger partial charge in [0.2, 0.25) is 5.91 Å². The van der Waals surface area contributed by atoms with E-state index in [1.807, 2.05) is 11.1 Å². The van der Waals surface area contributed by atoms with E-state index < -0.39 is 0 Å². The zero-order valence-corrected chi connectivity index (χ0v) is 12.7. The topological polar surface area (TPSA) is 47.4 Å². The molecule has 0 saturated carbocycles. The first kappa shape index (κ1) is 15.0. The number of imidazole rings is 1. The molecule has 0 atom stereocenters. The summed E-state index contributed by atoms with van der Waals surface area (Å²) >= 11 is 0. The highest BCUT2D eigenvalue weighted by atomic mass is 16.5. The number of rotatable bonds is 5. The van der Waals surface area contributed by atoms with Crippen molar-refractivity contribution >= 4 is 5.91 Å². The Bertz CT molecular complexity index is 434. The summed E-state index contributed by atoms with van der Waals surface area (Å²) in [7, 11) is 1.57. The van der Waals surface area contributed by atoms with Gasteiger partial charge in [-0.25, -0.2) is 4.98 Å². The third kappa shape index (κ3) is 3.60. The van der Waals surface area contributed by atoms with Crippen LogP contribution in [0.1, 0.15) is 38.4 Å². The zero-order chi connectivity index (χ0) is 14.5. The maximum Gasteiger partial charge on any atom is 0.248 e. The van der Waals surface area contributed by atoms with Gasteiger partial charge in [-0.3, -0.25) is 4.79 Å². The molecule has 1 saturated heterocycles. The molecule has 0 bridgehead atoms. The molecule has 20 heavy (non-hydrogen) atoms. The molecule has 0 N–H and O–H groups in total. The minimum Gasteiger partial charge on any atom is -0.375 e. The van der Waals surface area contributed by atoms with Crippen LogP contribution in [0.3, 0.4) is 0 Å². The molecule has 2 heterocycles. The van der Waals surface area contributed by atoms with E-state index in [1.54, 1.807) is 7.11 Å². The maximum absolute atomic E-state index is 11.8. The average molecular weight is 279 g/mol. The van der Waals surface area contributed by atoms with Crippen molar-refractivity contribution in [2.45, 2.75) is 39.2 Å². The van der Waals surface area contributed by atoms with E-state index in [4.69, 9.17) is 4.74 Å². The molecule has 1 amide bonds. The molecule has 5 nitrogen and oxygen atoms in total. The fraction of sp³-hybridized carbons (Fsp3) is 0.733. The van der Waals surface area contributed by atoms with Gasteiger partial charge in [0, 0.05) is 45.1 Å². The molecular weight excluding hydrogens is 254 g/mol. The van der Waals surface area contributed by atoms with E-state index in [1.165, 1.54) is 0 Å². The Kier molecular flexibility index (Phi) is 5.17. The van der Waals surface area contributed by atoms with E-state index >= 15 is 0 Å². The summed E-state index contributed by atoms with van der Waals surface area (Å²) in [6.07, 6.45) is 6.07. The molecule has 0 radical (unpaired) electrons. The smallest absolute Gasteiger partial charge is 0.248 e. The van der Waals surface area contributed by atoms with E-state index in [9.17, 15) is 4.79 Å². The van der Waals surface area contributed by atoms with Gasteiger partial charge in [0.05, 0.1) is 0 Å². The van der Waals surface area contributed by atoms with Crippen LogP contribution in [0.15, 0.2) is 12.4 Å². The van der Waals surface area contributed by atoms with Gasteiger partial charge in [-0.1, -0.05) is 13.8 Å². The lowest BCUT2D eigenvalue weighted by molar-refractivity contribution is -0.136. The Balaban J connectivity index is 1.85. The maximum atomic E-state index is 11.8. The second-order valence-corrected chi connectivity index (χ2v) is 5.85. The Hall–Kier alpha value is -1.36. The number of amides is 1. The fourth-order valence-electron chi connectivity index (χ4n) is 2.83. The van der Waals surface area contributed by atoms with Crippen LogP contribution in [0.25, 0.3) is 0 Å². The number of methoxy groups -OCH3 is 1. The molecule has 1 aliphatic heterocycles. The molecule has 1 aromatic rings. The highest BCUT2D eigenvalue weighted by Gasteiger charge is 2.23. The van der Waals surface area contributed by atoms with Crippen LogP contribution in [-0.4, -0.2) is 47.2 Å². The monoisotopic (exact) mass is 279 g/mol. The first-order chi connectivity index (χ1) is 9.61. The summed E-state index contributed by atoms with van der Waals surface area (Å²) in [6.45, 7) is 7.25. The summed E-state index contributed by atoms with van der Waals surface area (Å²) < 4.78 is 7.17. The van der Waals surface area contributed by atoms with E-state index in [0.717, 1.165) is 38.3 Å². The number of carbonyl (C=O) groups excluding carboxylic acids is 1. The van der Waals surface area contributed by atoms with Gasteiger partial charge in [-0.05, 0) is 18.8 Å². The lowest BCUT2D eigenvalue weighted by Crippen LogP contribution is -2.41. The molecule has 1 aromatic heterocycles. The zero-order valence-electron chi connectivity index (χ0n) is 12.7. The highest BCUT2D eigenvalue weighted by molar-refractivity contribution is 5.77. The molecular formula is C15H25N3O2. The second-order valence-electron chi connectivity index (χ2n) is 5.85. The fourth-order valence-corrected chi connectivity index (χ4v) is 2.83. The molecule has 5 heteroatoms. The summed E-state index contributed by atoms with van der Waals surface area (Å²) in [6, 6.07) is 0. The Labute approximate surface area is 120 Å². The highest BCUT2D eigenvalue weighted by Crippen LogP contribution is 2.21. The van der Waals surface area contributed by atoms with Gasteiger partial charge < -0.3 is 14.2 Å². The van der Waals surface area contributed by atoms with Gasteiger partial charge in [-0.2, -0.15) is 0 Å². The van der Waals surface area contributed by atoms with Crippen LogP contribution in [0.4, 0.5) is 0 Å². The number of aromatic nitrogens is 2. The average Bonchev–Trinajstić information content (AvgIpc) is 2.88. The minimum absolute atomic E-state index is 0.108. The number of likely N-dealkylation sites (tertiary alicyclic amines) is 1. The first-order valence-corrected chi connectivity index (χ1v) is 7.39. The molecule has 0 unspecified atom stereocenters. The Morgan fingerprint density at radius 1 is 1.45 bits per heavy atom. The van der Waals surface area contributed by atoms with E-state index in [0.29, 0.717) is 11.8 Å². The van der Waals surface area contributed by atoms with Crippen molar-refractivity contribution in [1.29, 1.82) is 0 Å². The molecule has 1 aliphatic rings. The number of ether oxygens (including phenoxy) is 1. The third-order valence-electron chi connectivity index (χ3n) is 3.95. The minimum atomic E-state index is 0.108. The van der Waals surface area contributed by atoms with Crippen LogP contribution in [0, 0.1) is 5.92 Å². The summed E-state index contributed by atoms with van der Waals surface area (Å²) in [5.41, 5.74) is 0. The van der Waals surface area contributed by atoms with E-state index in [-0.39, 0.29) is 12.5 Å². The van der Waals surface area contributed by atoms with Crippen molar-refractivity contribution in [2.24, 2.45) is 5.92 Å². The quantitative estimate of drug-likeness (QED) is 0.827. The summed E-state index contributed by atoms with van der Waals surface area (Å²) in [4.78, 5) is 18.1. The number of hydrogen-bond donors (Lipinski definition) is 0. The van der Waals surface area contributed by atoms with E-state index in [2.05, 4.69) is 29.6 Å². The number of hydrogen-bond acceptors (Lipinski definition) is 3. The van der Waals surface area contributed by atoms with Crippen molar-refractivity contribution < 1.29 is 9.53 Å². The SMILES string of the molecule is COCC(=O)N1CCC(Cn2ccnc2C(C)C)CC1. The van der Waals surface area contributed by atoms with Crippen molar-refractivity contribution in [3.8, 4) is 0 Å². The summed E-state index contributed by atoms with van der Waals surface area (Å²) in [5.74, 6) is 2.35.